The number of hydrogen-bond donors (Lipinski definition) is 5. The van der Waals surface area contributed by atoms with Gasteiger partial charge in [-0.15, -0.1) is 0 Å². The average molecular weight is 783 g/mol. The highest BCUT2D eigenvalue weighted by Crippen LogP contribution is 2.26. The van der Waals surface area contributed by atoms with Gasteiger partial charge in [0.15, 0.2) is 6.29 Å². The van der Waals surface area contributed by atoms with Crippen LogP contribution in [0.4, 0.5) is 0 Å². The fourth-order valence-corrected chi connectivity index (χ4v) is 6.93. The van der Waals surface area contributed by atoms with Gasteiger partial charge in [0, 0.05) is 18.9 Å². The number of aliphatic hydroxyl groups excluding tert-OH is 3. The van der Waals surface area contributed by atoms with Gasteiger partial charge in [0.05, 0.1) is 51.8 Å². The van der Waals surface area contributed by atoms with Crippen LogP contribution in [0.1, 0.15) is 69.9 Å². The number of amides is 1. The molecule has 2 aromatic rings. The van der Waals surface area contributed by atoms with Crippen LogP contribution in [0, 0.1) is 5.92 Å². The van der Waals surface area contributed by atoms with E-state index in [4.69, 9.17) is 34.2 Å². The Morgan fingerprint density at radius 2 is 1.53 bits per heavy atom. The molecule has 0 aliphatic heterocycles. The van der Waals surface area contributed by atoms with Crippen molar-refractivity contribution in [3.05, 3.63) is 71.8 Å². The van der Waals surface area contributed by atoms with Gasteiger partial charge in [-0.2, -0.15) is 0 Å². The Kier molecular flexibility index (Phi) is 23.9. The molecule has 12 nitrogen and oxygen atoms in total. The first-order valence-corrected chi connectivity index (χ1v) is 21.3. The number of ether oxygens (including phenoxy) is 6. The van der Waals surface area contributed by atoms with Crippen molar-refractivity contribution in [1.82, 2.24) is 5.32 Å². The molecular formula is C39H62N2O10S2. The van der Waals surface area contributed by atoms with Crippen molar-refractivity contribution in [2.45, 2.75) is 115 Å². The highest BCUT2D eigenvalue weighted by atomic mass is 33.1. The van der Waals surface area contributed by atoms with E-state index in [1.54, 1.807) is 6.92 Å². The largest absolute Gasteiger partial charge is 0.393 e. The Morgan fingerprint density at radius 1 is 0.868 bits per heavy atom. The summed E-state index contributed by atoms with van der Waals surface area (Å²) in [6.45, 7) is 3.85. The molecule has 2 unspecified atom stereocenters. The summed E-state index contributed by atoms with van der Waals surface area (Å²) >= 11 is 0. The van der Waals surface area contributed by atoms with Gasteiger partial charge in [0.2, 0.25) is 5.91 Å². The molecule has 14 heteroatoms. The minimum Gasteiger partial charge on any atom is -0.393 e. The Labute approximate surface area is 323 Å². The van der Waals surface area contributed by atoms with Crippen LogP contribution in [0.3, 0.4) is 0 Å². The molecule has 2 aromatic carbocycles. The summed E-state index contributed by atoms with van der Waals surface area (Å²) in [6, 6.07) is 18.2. The molecule has 1 fully saturated rings. The van der Waals surface area contributed by atoms with E-state index in [2.05, 4.69) is 5.32 Å². The van der Waals surface area contributed by atoms with E-state index in [0.717, 1.165) is 17.5 Å². The van der Waals surface area contributed by atoms with Crippen LogP contribution in [0.5, 0.6) is 0 Å². The highest BCUT2D eigenvalue weighted by molar-refractivity contribution is 8.76. The SMILES string of the molecule is CCC(=O)N[C@@H](COC(OC(COCSSCN)[C@@H](C)OCc1ccccc1)[C@H](CO)OCc1ccccc1)[C@H](O)[C@H](O)COCCC1CCCCC1. The second kappa shape index (κ2) is 27.7. The fourth-order valence-electron chi connectivity index (χ4n) is 5.91. The summed E-state index contributed by atoms with van der Waals surface area (Å²) in [7, 11) is 2.94. The summed E-state index contributed by atoms with van der Waals surface area (Å²) in [6.07, 6.45) is 1.18. The topological polar surface area (TPSA) is 171 Å². The van der Waals surface area contributed by atoms with Crippen molar-refractivity contribution in [3.8, 4) is 0 Å². The number of aliphatic hydroxyl groups is 3. The van der Waals surface area contributed by atoms with Gasteiger partial charge in [-0.1, -0.05) is 121 Å². The van der Waals surface area contributed by atoms with E-state index in [9.17, 15) is 20.1 Å². The lowest BCUT2D eigenvalue weighted by Gasteiger charge is -2.34. The molecular weight excluding hydrogens is 721 g/mol. The van der Waals surface area contributed by atoms with E-state index in [1.165, 1.54) is 53.7 Å². The highest BCUT2D eigenvalue weighted by Gasteiger charge is 2.34. The van der Waals surface area contributed by atoms with Gasteiger partial charge in [0.1, 0.15) is 30.4 Å². The maximum Gasteiger partial charge on any atom is 0.220 e. The van der Waals surface area contributed by atoms with Crippen LogP contribution in [-0.2, 0) is 46.4 Å². The van der Waals surface area contributed by atoms with Crippen molar-refractivity contribution in [3.63, 3.8) is 0 Å². The van der Waals surface area contributed by atoms with E-state index in [-0.39, 0.29) is 38.8 Å². The molecule has 0 saturated heterocycles. The monoisotopic (exact) mass is 782 g/mol. The lowest BCUT2D eigenvalue weighted by Crippen LogP contribution is -2.53. The van der Waals surface area contributed by atoms with Gasteiger partial charge in [-0.05, 0) is 30.4 Å². The lowest BCUT2D eigenvalue weighted by atomic mass is 9.87. The molecule has 0 radical (unpaired) electrons. The second-order valence-corrected chi connectivity index (χ2v) is 15.7. The maximum atomic E-state index is 12.6. The summed E-state index contributed by atoms with van der Waals surface area (Å²) in [4.78, 5) is 12.6. The average Bonchev–Trinajstić information content (AvgIpc) is 3.20. The maximum absolute atomic E-state index is 12.6. The lowest BCUT2D eigenvalue weighted by molar-refractivity contribution is -0.260. The minimum atomic E-state index is -1.41. The van der Waals surface area contributed by atoms with Gasteiger partial charge in [0.25, 0.3) is 0 Å². The summed E-state index contributed by atoms with van der Waals surface area (Å²) < 4.78 is 36.9. The number of rotatable bonds is 29. The van der Waals surface area contributed by atoms with Crippen LogP contribution in [0.15, 0.2) is 60.7 Å². The molecule has 1 amide bonds. The Hall–Kier alpha value is -1.79. The number of hydrogen-bond acceptors (Lipinski definition) is 13. The predicted molar refractivity (Wildman–Crippen MR) is 209 cm³/mol. The van der Waals surface area contributed by atoms with Gasteiger partial charge >= 0.3 is 0 Å². The Morgan fingerprint density at radius 3 is 2.15 bits per heavy atom. The molecule has 300 valence electrons. The zero-order chi connectivity index (χ0) is 38.1. The van der Waals surface area contributed by atoms with Gasteiger partial charge in [-0.3, -0.25) is 4.79 Å². The smallest absolute Gasteiger partial charge is 0.220 e. The van der Waals surface area contributed by atoms with E-state index in [1.807, 2.05) is 67.6 Å². The van der Waals surface area contributed by atoms with Crippen molar-refractivity contribution < 1.29 is 48.5 Å². The summed E-state index contributed by atoms with van der Waals surface area (Å²) in [5.74, 6) is 1.09. The molecule has 0 aromatic heterocycles. The normalized spacial score (nSPS) is 17.8. The van der Waals surface area contributed by atoms with Crippen molar-refractivity contribution in [2.75, 3.05) is 44.9 Å². The Balaban J connectivity index is 1.75. The van der Waals surface area contributed by atoms with E-state index in [0.29, 0.717) is 30.9 Å². The zero-order valence-electron chi connectivity index (χ0n) is 31.3. The predicted octanol–water partition coefficient (Wildman–Crippen LogP) is 4.77. The molecule has 3 rings (SSSR count). The van der Waals surface area contributed by atoms with E-state index >= 15 is 0 Å². The third kappa shape index (κ3) is 18.6. The van der Waals surface area contributed by atoms with Crippen LogP contribution in [0.25, 0.3) is 0 Å². The third-order valence-corrected chi connectivity index (χ3v) is 10.9. The number of nitrogens with two attached hydrogens (primary N) is 1. The second-order valence-electron chi connectivity index (χ2n) is 13.2. The number of carbonyl (C=O) groups excluding carboxylic acids is 1. The fraction of sp³-hybridized carbons (Fsp3) is 0.667. The molecule has 1 aliphatic rings. The Bertz CT molecular complexity index is 1200. The first-order chi connectivity index (χ1) is 25.8. The van der Waals surface area contributed by atoms with Crippen LogP contribution < -0.4 is 11.1 Å². The van der Waals surface area contributed by atoms with E-state index < -0.39 is 49.5 Å². The van der Waals surface area contributed by atoms with Crippen LogP contribution in [0.2, 0.25) is 0 Å². The quantitative estimate of drug-likeness (QED) is 0.0435. The number of benzene rings is 2. The van der Waals surface area contributed by atoms with Crippen LogP contribution in [-0.4, -0.2) is 109 Å². The number of nitrogens with one attached hydrogen (secondary N) is 1. The molecule has 1 saturated carbocycles. The van der Waals surface area contributed by atoms with Crippen molar-refractivity contribution in [2.24, 2.45) is 11.7 Å². The molecule has 0 bridgehead atoms. The molecule has 7 atom stereocenters. The molecule has 6 N–H and O–H groups in total. The molecule has 0 spiro atoms. The zero-order valence-corrected chi connectivity index (χ0v) is 32.9. The van der Waals surface area contributed by atoms with Crippen LogP contribution >= 0.6 is 21.6 Å². The minimum absolute atomic E-state index is 0.0953. The third-order valence-electron chi connectivity index (χ3n) is 9.14. The van der Waals surface area contributed by atoms with Gasteiger partial charge < -0.3 is 54.8 Å². The summed E-state index contributed by atoms with van der Waals surface area (Å²) in [5, 5.41) is 35.6. The first kappa shape index (κ1) is 45.6. The molecule has 0 heterocycles. The molecule has 53 heavy (non-hydrogen) atoms. The van der Waals surface area contributed by atoms with Crippen molar-refractivity contribution in [1.29, 1.82) is 0 Å². The number of carbonyl (C=O) groups is 1. The standard InChI is InChI=1S/C39H62N2O10S2/c1-3-37(44)41-33(38(45)34(43)25-46-20-19-30-13-7-4-8-14-30)24-50-39(35(21-42)49-23-32-17-11-6-12-18-32)51-36(26-47-28-53-52-27-40)29(2)48-22-31-15-9-5-10-16-31/h5-6,9-12,15-18,29-30,33-36,38-39,42-43,45H,3-4,7-8,13-14,19-28,40H2,1-2H3,(H,41,44)/t29-,33+,34-,35+,36?,38+,39?/m1/s1. The summed E-state index contributed by atoms with van der Waals surface area (Å²) in [5.41, 5.74) is 7.48. The molecule has 1 aliphatic carbocycles. The first-order valence-electron chi connectivity index (χ1n) is 18.8. The van der Waals surface area contributed by atoms with Gasteiger partial charge in [-0.25, -0.2) is 0 Å². The van der Waals surface area contributed by atoms with Crippen molar-refractivity contribution >= 4 is 27.5 Å².